The van der Waals surface area contributed by atoms with Gasteiger partial charge in [0.15, 0.2) is 0 Å². The van der Waals surface area contributed by atoms with Crippen LogP contribution in [0.3, 0.4) is 0 Å². The number of hydrogen-bond acceptors (Lipinski definition) is 5. The Hall–Kier alpha value is -2.49. The van der Waals surface area contributed by atoms with Gasteiger partial charge in [0.2, 0.25) is 0 Å². The smallest absolute Gasteiger partial charge is 0.258 e. The molecule has 0 saturated carbocycles. The maximum atomic E-state index is 10.4. The molecular weight excluding hydrogens is 202 g/mol. The molecule has 7 heteroatoms. The summed E-state index contributed by atoms with van der Waals surface area (Å²) in [4.78, 5) is 18.8. The van der Waals surface area contributed by atoms with E-state index in [-0.39, 0.29) is 11.1 Å². The van der Waals surface area contributed by atoms with Gasteiger partial charge in [-0.1, -0.05) is 6.07 Å². The molecule has 76 valence electrons. The van der Waals surface area contributed by atoms with Crippen LogP contribution in [-0.4, -0.2) is 9.85 Å². The van der Waals surface area contributed by atoms with Crippen molar-refractivity contribution in [3.63, 3.8) is 0 Å². The Morgan fingerprint density at radius 3 is 2.33 bits per heavy atom. The van der Waals surface area contributed by atoms with Crippen molar-refractivity contribution < 1.29 is 9.85 Å². The fourth-order valence-corrected chi connectivity index (χ4v) is 1.09. The van der Waals surface area contributed by atoms with E-state index in [1.807, 2.05) is 0 Å². The molecule has 0 aliphatic heterocycles. The average Bonchev–Trinajstić information content (AvgIpc) is 2.17. The summed E-state index contributed by atoms with van der Waals surface area (Å²) in [6.07, 6.45) is -2.02. The fraction of sp³-hybridized carbons (Fsp3) is 0.125. The van der Waals surface area contributed by atoms with Crippen LogP contribution in [0.1, 0.15) is 17.3 Å². The maximum absolute atomic E-state index is 10.4. The van der Waals surface area contributed by atoms with Crippen molar-refractivity contribution in [3.05, 3.63) is 55.6 Å². The zero-order valence-electron chi connectivity index (χ0n) is 7.36. The van der Waals surface area contributed by atoms with Crippen molar-refractivity contribution in [1.82, 2.24) is 0 Å². The number of benzene rings is 1. The number of nitriles is 1. The van der Waals surface area contributed by atoms with Gasteiger partial charge in [0.25, 0.3) is 0 Å². The van der Waals surface area contributed by atoms with Crippen LogP contribution >= 0.6 is 0 Å². The third-order valence-corrected chi connectivity index (χ3v) is 1.71. The largest absolute Gasteiger partial charge is 0.476 e. The molecule has 0 unspecified atom stereocenters. The van der Waals surface area contributed by atoms with Gasteiger partial charge in [-0.05, 0) is 18.2 Å². The van der Waals surface area contributed by atoms with Gasteiger partial charge in [-0.3, -0.25) is 20.2 Å². The molecule has 0 spiro atoms. The van der Waals surface area contributed by atoms with Crippen LogP contribution in [0.4, 0.5) is 0 Å². The van der Waals surface area contributed by atoms with Crippen LogP contribution in [0.2, 0.25) is 0 Å². The molecule has 1 rings (SSSR count). The summed E-state index contributed by atoms with van der Waals surface area (Å²) < 4.78 is 0. The Morgan fingerprint density at radius 1 is 1.27 bits per heavy atom. The van der Waals surface area contributed by atoms with Gasteiger partial charge in [-0.25, -0.2) is 0 Å². The van der Waals surface area contributed by atoms with Crippen LogP contribution in [0.25, 0.3) is 0 Å². The minimum absolute atomic E-state index is 0.107. The normalized spacial score (nSPS) is 9.60. The molecule has 0 aromatic heterocycles. The minimum atomic E-state index is -2.02. The quantitative estimate of drug-likeness (QED) is 0.418. The van der Waals surface area contributed by atoms with Crippen molar-refractivity contribution in [2.45, 2.75) is 6.17 Å². The van der Waals surface area contributed by atoms with Gasteiger partial charge in [-0.15, -0.1) is 0 Å². The molecule has 0 aliphatic rings. The molecule has 0 saturated heterocycles. The summed E-state index contributed by atoms with van der Waals surface area (Å²) in [6, 6.07) is 6.92. The Bertz CT molecular complexity index is 437. The first-order valence-corrected chi connectivity index (χ1v) is 3.83. The summed E-state index contributed by atoms with van der Waals surface area (Å²) in [5.74, 6) is 0. The van der Waals surface area contributed by atoms with Gasteiger partial charge in [-0.2, -0.15) is 5.26 Å². The van der Waals surface area contributed by atoms with Gasteiger partial charge in [0.05, 0.1) is 11.6 Å². The Labute approximate surface area is 83.9 Å². The second-order valence-corrected chi connectivity index (χ2v) is 2.68. The van der Waals surface area contributed by atoms with Crippen molar-refractivity contribution in [1.29, 1.82) is 5.26 Å². The summed E-state index contributed by atoms with van der Waals surface area (Å²) in [5.41, 5.74) is 0.0465. The highest BCUT2D eigenvalue weighted by molar-refractivity contribution is 5.33. The standard InChI is InChI=1S/C8H5N3O4/c9-5-6-2-1-3-7(4-6)8(10(12)13)11(14)15/h1-4,8H. The SMILES string of the molecule is N#Cc1cccc(C([N+](=O)[O-])[N+](=O)[O-])c1. The molecule has 0 radical (unpaired) electrons. The van der Waals surface area contributed by atoms with E-state index >= 15 is 0 Å². The molecule has 0 N–H and O–H groups in total. The second kappa shape index (κ2) is 4.15. The van der Waals surface area contributed by atoms with E-state index in [0.29, 0.717) is 0 Å². The summed E-state index contributed by atoms with van der Waals surface area (Å²) in [7, 11) is 0. The second-order valence-electron chi connectivity index (χ2n) is 2.68. The third-order valence-electron chi connectivity index (χ3n) is 1.71. The fourth-order valence-electron chi connectivity index (χ4n) is 1.09. The highest BCUT2D eigenvalue weighted by Gasteiger charge is 2.34. The van der Waals surface area contributed by atoms with Crippen LogP contribution in [0, 0.1) is 31.6 Å². The zero-order valence-corrected chi connectivity index (χ0v) is 7.36. The molecule has 15 heavy (non-hydrogen) atoms. The number of nitrogens with zero attached hydrogens (tertiary/aromatic N) is 3. The molecule has 0 aliphatic carbocycles. The minimum Gasteiger partial charge on any atom is -0.258 e. The van der Waals surface area contributed by atoms with Gasteiger partial charge < -0.3 is 0 Å². The number of nitro groups is 2. The van der Waals surface area contributed by atoms with E-state index in [1.54, 1.807) is 6.07 Å². The maximum Gasteiger partial charge on any atom is 0.476 e. The average molecular weight is 207 g/mol. The van der Waals surface area contributed by atoms with Crippen molar-refractivity contribution in [2.24, 2.45) is 0 Å². The molecule has 1 aromatic carbocycles. The van der Waals surface area contributed by atoms with Crippen molar-refractivity contribution in [3.8, 4) is 6.07 Å². The van der Waals surface area contributed by atoms with Crippen LogP contribution in [-0.2, 0) is 0 Å². The van der Waals surface area contributed by atoms with Gasteiger partial charge in [0.1, 0.15) is 15.4 Å². The molecule has 0 heterocycles. The number of rotatable bonds is 3. The van der Waals surface area contributed by atoms with Crippen molar-refractivity contribution in [2.75, 3.05) is 0 Å². The molecular formula is C8H5N3O4. The molecule has 0 amide bonds. The molecule has 1 aromatic rings. The van der Waals surface area contributed by atoms with E-state index in [1.165, 1.54) is 18.2 Å². The third kappa shape index (κ3) is 2.25. The lowest BCUT2D eigenvalue weighted by Gasteiger charge is -2.01. The van der Waals surface area contributed by atoms with Crippen LogP contribution < -0.4 is 0 Å². The topological polar surface area (TPSA) is 110 Å². The molecule has 0 fully saturated rings. The molecule has 0 atom stereocenters. The van der Waals surface area contributed by atoms with Crippen LogP contribution in [0.15, 0.2) is 24.3 Å². The van der Waals surface area contributed by atoms with Gasteiger partial charge >= 0.3 is 6.17 Å². The van der Waals surface area contributed by atoms with E-state index in [0.717, 1.165) is 6.07 Å². The lowest BCUT2D eigenvalue weighted by molar-refractivity contribution is -0.752. The van der Waals surface area contributed by atoms with Gasteiger partial charge in [0, 0.05) is 0 Å². The highest BCUT2D eigenvalue weighted by Crippen LogP contribution is 2.17. The summed E-state index contributed by atoms with van der Waals surface area (Å²) >= 11 is 0. The van der Waals surface area contributed by atoms with E-state index in [2.05, 4.69) is 0 Å². The predicted molar refractivity (Wildman–Crippen MR) is 47.9 cm³/mol. The lowest BCUT2D eigenvalue weighted by Crippen LogP contribution is -2.19. The number of hydrogen-bond donors (Lipinski definition) is 0. The predicted octanol–water partition coefficient (Wildman–Crippen LogP) is 1.11. The van der Waals surface area contributed by atoms with E-state index in [9.17, 15) is 20.2 Å². The Morgan fingerprint density at radius 2 is 1.87 bits per heavy atom. The Kier molecular flexibility index (Phi) is 2.93. The molecule has 7 nitrogen and oxygen atoms in total. The van der Waals surface area contributed by atoms with Crippen LogP contribution in [0.5, 0.6) is 0 Å². The summed E-state index contributed by atoms with van der Waals surface area (Å²) in [5, 5.41) is 29.4. The van der Waals surface area contributed by atoms with E-state index in [4.69, 9.17) is 5.26 Å². The van der Waals surface area contributed by atoms with Crippen molar-refractivity contribution >= 4 is 0 Å². The first-order chi connectivity index (χ1) is 7.06. The molecule has 0 bridgehead atoms. The highest BCUT2D eigenvalue weighted by atomic mass is 16.7. The monoisotopic (exact) mass is 207 g/mol. The van der Waals surface area contributed by atoms with E-state index < -0.39 is 16.0 Å². The first kappa shape index (κ1) is 10.6. The zero-order chi connectivity index (χ0) is 11.4. The summed E-state index contributed by atoms with van der Waals surface area (Å²) in [6.45, 7) is 0. The lowest BCUT2D eigenvalue weighted by atomic mass is 10.1. The first-order valence-electron chi connectivity index (χ1n) is 3.83. The Balaban J connectivity index is 3.18.